The number of nitrogens with two attached hydrogens (primary N) is 1. The molecule has 4 N–H and O–H groups in total. The van der Waals surface area contributed by atoms with E-state index >= 15 is 0 Å². The van der Waals surface area contributed by atoms with Gasteiger partial charge in [0.1, 0.15) is 5.60 Å². The van der Waals surface area contributed by atoms with Crippen LogP contribution in [0.5, 0.6) is 0 Å². The second-order valence-corrected chi connectivity index (χ2v) is 4.98. The number of carbonyl (C=O) groups is 2. The first kappa shape index (κ1) is 21.8. The second-order valence-electron chi connectivity index (χ2n) is 4.98. The molecule has 23 heavy (non-hydrogen) atoms. The molecule has 0 fully saturated rings. The number of fused-ring (bicyclic) bond motifs is 1. The van der Waals surface area contributed by atoms with E-state index in [9.17, 15) is 24.9 Å². The summed E-state index contributed by atoms with van der Waals surface area (Å²) in [6.45, 7) is 0. The molecule has 9 heteroatoms. The van der Waals surface area contributed by atoms with Crippen LogP contribution in [0, 0.1) is 0 Å². The fourth-order valence-corrected chi connectivity index (χ4v) is 2.27. The molecule has 0 saturated carbocycles. The molecule has 2 rings (SSSR count). The van der Waals surface area contributed by atoms with Crippen molar-refractivity contribution < 1.29 is 62.6 Å². The van der Waals surface area contributed by atoms with Gasteiger partial charge in [0.15, 0.2) is 0 Å². The number of aromatic amines is 1. The van der Waals surface area contributed by atoms with E-state index in [0.29, 0.717) is 5.56 Å². The van der Waals surface area contributed by atoms with E-state index in [1.807, 2.05) is 0 Å². The molecule has 0 radical (unpaired) electrons. The first-order chi connectivity index (χ1) is 9.83. The van der Waals surface area contributed by atoms with Crippen molar-refractivity contribution in [3.8, 4) is 0 Å². The van der Waals surface area contributed by atoms with Gasteiger partial charge in [0.25, 0.3) is 0 Å². The number of aliphatic hydroxyl groups is 1. The van der Waals surface area contributed by atoms with Crippen LogP contribution in [-0.4, -0.2) is 33.7 Å². The Labute approximate surface area is 156 Å². The smallest absolute Gasteiger partial charge is 0.548 e. The van der Waals surface area contributed by atoms with Gasteiger partial charge in [-0.15, -0.1) is 0 Å². The zero-order valence-electron chi connectivity index (χ0n) is 13.0. The van der Waals surface area contributed by atoms with Crippen LogP contribution in [0.1, 0.15) is 12.0 Å². The zero-order valence-corrected chi connectivity index (χ0v) is 13.0. The predicted octanol–water partition coefficient (Wildman–Crippen LogP) is -8.33. The molecule has 1 aromatic heterocycles. The molecule has 1 aromatic carbocycles. The summed E-state index contributed by atoms with van der Waals surface area (Å²) in [6, 6.07) is 5.53. The van der Waals surface area contributed by atoms with Crippen LogP contribution in [-0.2, 0) is 16.0 Å². The van der Waals surface area contributed by atoms with E-state index in [1.54, 1.807) is 30.5 Å². The van der Waals surface area contributed by atoms with Gasteiger partial charge < -0.3 is 35.6 Å². The fourth-order valence-electron chi connectivity index (χ4n) is 2.27. The van der Waals surface area contributed by atoms with Crippen molar-refractivity contribution in [2.24, 2.45) is 5.73 Å². The number of aliphatic carboxylic acids is 2. The normalized spacial score (nSPS) is 14.2. The molecular formula is C14H14Li2N2O5. The first-order valence-electron chi connectivity index (χ1n) is 6.29. The Morgan fingerprint density at radius 1 is 1.26 bits per heavy atom. The average molecular weight is 304 g/mol. The van der Waals surface area contributed by atoms with E-state index in [4.69, 9.17) is 5.73 Å². The molecule has 2 aromatic rings. The fraction of sp³-hybridized carbons (Fsp3) is 0.286. The number of carbonyl (C=O) groups excluding carboxylic acids is 2. The zero-order chi connectivity index (χ0) is 15.6. The van der Waals surface area contributed by atoms with Crippen LogP contribution in [0.15, 0.2) is 30.5 Å². The maximum Gasteiger partial charge on any atom is 1.00 e. The van der Waals surface area contributed by atoms with Crippen molar-refractivity contribution in [3.63, 3.8) is 0 Å². The second kappa shape index (κ2) is 8.61. The minimum Gasteiger partial charge on any atom is -0.548 e. The maximum absolute atomic E-state index is 11.2. The summed E-state index contributed by atoms with van der Waals surface area (Å²) < 4.78 is 0. The minimum absolute atomic E-state index is 0. The topological polar surface area (TPSA) is 142 Å². The van der Waals surface area contributed by atoms with Gasteiger partial charge in [0, 0.05) is 36.0 Å². The molecule has 7 nitrogen and oxygen atoms in total. The number of carboxylic acid groups (broad SMARTS) is 2. The van der Waals surface area contributed by atoms with Gasteiger partial charge in [-0.2, -0.15) is 0 Å². The van der Waals surface area contributed by atoms with Crippen molar-refractivity contribution in [2.75, 3.05) is 0 Å². The molecule has 2 atom stereocenters. The number of H-pyrrole nitrogens is 1. The van der Waals surface area contributed by atoms with Gasteiger partial charge in [-0.25, -0.2) is 0 Å². The number of hydrogen-bond acceptors (Lipinski definition) is 6. The molecule has 1 heterocycles. The molecule has 0 aliphatic carbocycles. The van der Waals surface area contributed by atoms with Crippen LogP contribution in [0.25, 0.3) is 10.9 Å². The molecule has 112 valence electrons. The Balaban J connectivity index is 0.00000242. The Kier molecular flexibility index (Phi) is 8.16. The van der Waals surface area contributed by atoms with E-state index in [0.717, 1.165) is 10.9 Å². The number of hydrogen-bond donors (Lipinski definition) is 3. The maximum atomic E-state index is 11.2. The largest absolute Gasteiger partial charge is 1.00 e. The number of nitrogens with one attached hydrogen (secondary N) is 1. The van der Waals surface area contributed by atoms with Gasteiger partial charge in [-0.1, -0.05) is 18.2 Å². The van der Waals surface area contributed by atoms with Gasteiger partial charge in [-0.05, 0) is 11.6 Å². The third kappa shape index (κ3) is 4.89. The Bertz CT molecular complexity index is 691. The van der Waals surface area contributed by atoms with Crippen LogP contribution >= 0.6 is 0 Å². The summed E-state index contributed by atoms with van der Waals surface area (Å²) >= 11 is 0. The summed E-state index contributed by atoms with van der Waals surface area (Å²) in [5.74, 6) is -3.40. The van der Waals surface area contributed by atoms with Crippen molar-refractivity contribution in [1.29, 1.82) is 0 Å². The Morgan fingerprint density at radius 3 is 2.43 bits per heavy atom. The molecule has 0 aliphatic rings. The monoisotopic (exact) mass is 304 g/mol. The van der Waals surface area contributed by atoms with E-state index in [-0.39, 0.29) is 44.1 Å². The van der Waals surface area contributed by atoms with Crippen molar-refractivity contribution in [2.45, 2.75) is 24.5 Å². The SMILES string of the molecule is NC(C[C@@](O)(Cc1c[nH]c2ccccc12)C(=O)[O-])C(=O)[O-].[Li+].[Li+]. The van der Waals surface area contributed by atoms with Crippen molar-refractivity contribution in [3.05, 3.63) is 36.0 Å². The summed E-state index contributed by atoms with van der Waals surface area (Å²) in [4.78, 5) is 24.8. The first-order valence-corrected chi connectivity index (χ1v) is 6.29. The molecular weight excluding hydrogens is 290 g/mol. The van der Waals surface area contributed by atoms with Gasteiger partial charge in [0.05, 0.1) is 11.9 Å². The third-order valence-corrected chi connectivity index (χ3v) is 3.40. The summed E-state index contributed by atoms with van der Waals surface area (Å²) in [7, 11) is 0. The molecule has 1 unspecified atom stereocenters. The Hall–Kier alpha value is -1.19. The van der Waals surface area contributed by atoms with E-state index < -0.39 is 30.0 Å². The summed E-state index contributed by atoms with van der Waals surface area (Å²) in [5, 5.41) is 32.8. The van der Waals surface area contributed by atoms with Gasteiger partial charge in [0.2, 0.25) is 0 Å². The van der Waals surface area contributed by atoms with Gasteiger partial charge in [-0.3, -0.25) is 0 Å². The molecule has 0 aliphatic heterocycles. The van der Waals surface area contributed by atoms with Gasteiger partial charge >= 0.3 is 37.7 Å². The standard InChI is InChI=1S/C14H16N2O5.2Li/c15-10(12(17)18)6-14(21,13(19)20)5-8-7-16-11-4-2-1-3-9(8)11;;/h1-4,7,10,16,21H,5-6,15H2,(H,17,18)(H,19,20);;/q;2*+1/p-2/t10?,14-;;/m0../s1. The van der Waals surface area contributed by atoms with Crippen LogP contribution in [0.4, 0.5) is 0 Å². The van der Waals surface area contributed by atoms with E-state index in [1.165, 1.54) is 0 Å². The predicted molar refractivity (Wildman–Crippen MR) is 69.6 cm³/mol. The number of aromatic nitrogens is 1. The number of carboxylic acids is 2. The molecule has 0 amide bonds. The average Bonchev–Trinajstić information content (AvgIpc) is 2.81. The number of rotatable bonds is 6. The van der Waals surface area contributed by atoms with Crippen LogP contribution in [0.2, 0.25) is 0 Å². The molecule has 0 saturated heterocycles. The van der Waals surface area contributed by atoms with Crippen molar-refractivity contribution in [1.82, 2.24) is 4.98 Å². The third-order valence-electron chi connectivity index (χ3n) is 3.40. The molecule has 0 bridgehead atoms. The Morgan fingerprint density at radius 2 is 1.87 bits per heavy atom. The van der Waals surface area contributed by atoms with E-state index in [2.05, 4.69) is 4.98 Å². The number of benzene rings is 1. The van der Waals surface area contributed by atoms with Crippen molar-refractivity contribution >= 4 is 22.8 Å². The molecule has 0 spiro atoms. The number of para-hydroxylation sites is 1. The summed E-state index contributed by atoms with van der Waals surface area (Å²) in [5.41, 5.74) is 4.18. The minimum atomic E-state index is -2.38. The summed E-state index contributed by atoms with van der Waals surface area (Å²) in [6.07, 6.45) is 0.542. The quantitative estimate of drug-likeness (QED) is 0.452. The van der Waals surface area contributed by atoms with Crippen LogP contribution in [0.3, 0.4) is 0 Å². The van der Waals surface area contributed by atoms with Crippen LogP contribution < -0.4 is 53.7 Å².